The Hall–Kier alpha value is -3.21. The summed E-state index contributed by atoms with van der Waals surface area (Å²) in [6.07, 6.45) is -0.152. The average Bonchev–Trinajstić information content (AvgIpc) is 2.72. The van der Waals surface area contributed by atoms with Gasteiger partial charge in [-0.05, 0) is 24.6 Å². The maximum absolute atomic E-state index is 12.4. The fraction of sp³-hybridized carbons (Fsp3) is 0.261. The van der Waals surface area contributed by atoms with E-state index in [1.807, 2.05) is 66.7 Å². The second-order valence-electron chi connectivity index (χ2n) is 6.81. The summed E-state index contributed by atoms with van der Waals surface area (Å²) in [4.78, 5) is 30.7. The highest BCUT2D eigenvalue weighted by atomic mass is 16.5. The van der Waals surface area contributed by atoms with Gasteiger partial charge < -0.3 is 9.64 Å². The molecule has 3 rings (SSSR count). The zero-order valence-corrected chi connectivity index (χ0v) is 16.2. The molecule has 0 aliphatic rings. The van der Waals surface area contributed by atoms with Crippen LogP contribution in [0.3, 0.4) is 0 Å². The van der Waals surface area contributed by atoms with E-state index in [4.69, 9.17) is 4.74 Å². The second-order valence-corrected chi connectivity index (χ2v) is 6.81. The van der Waals surface area contributed by atoms with Gasteiger partial charge in [-0.1, -0.05) is 54.6 Å². The Morgan fingerprint density at radius 3 is 2.50 bits per heavy atom. The van der Waals surface area contributed by atoms with Crippen LogP contribution in [-0.2, 0) is 27.3 Å². The molecule has 28 heavy (non-hydrogen) atoms. The average molecular weight is 376 g/mol. The number of carbonyl (C=O) groups excluding carboxylic acids is 2. The molecule has 1 unspecified atom stereocenters. The van der Waals surface area contributed by atoms with E-state index in [9.17, 15) is 9.59 Å². The van der Waals surface area contributed by atoms with E-state index in [0.29, 0.717) is 13.0 Å². The van der Waals surface area contributed by atoms with Crippen molar-refractivity contribution in [2.24, 2.45) is 0 Å². The predicted octanol–water partition coefficient (Wildman–Crippen LogP) is 3.76. The molecule has 0 saturated carbocycles. The van der Waals surface area contributed by atoms with Crippen LogP contribution in [0.1, 0.15) is 24.6 Å². The van der Waals surface area contributed by atoms with Crippen molar-refractivity contribution in [3.05, 3.63) is 78.0 Å². The van der Waals surface area contributed by atoms with Crippen molar-refractivity contribution in [1.29, 1.82) is 0 Å². The van der Waals surface area contributed by atoms with E-state index in [1.165, 1.54) is 0 Å². The highest BCUT2D eigenvalue weighted by molar-refractivity contribution is 5.83. The third-order valence-corrected chi connectivity index (χ3v) is 4.54. The molecular weight excluding hydrogens is 352 g/mol. The number of hydrogen-bond donors (Lipinski definition) is 0. The predicted molar refractivity (Wildman–Crippen MR) is 109 cm³/mol. The minimum Gasteiger partial charge on any atom is -0.453 e. The third-order valence-electron chi connectivity index (χ3n) is 4.54. The van der Waals surface area contributed by atoms with Crippen LogP contribution in [-0.4, -0.2) is 34.9 Å². The summed E-state index contributed by atoms with van der Waals surface area (Å²) in [5, 5.41) is 1.06. The molecule has 0 aliphatic heterocycles. The summed E-state index contributed by atoms with van der Waals surface area (Å²) >= 11 is 0. The van der Waals surface area contributed by atoms with Gasteiger partial charge in [-0.15, -0.1) is 0 Å². The summed E-state index contributed by atoms with van der Waals surface area (Å²) in [6, 6.07) is 21.5. The fourth-order valence-electron chi connectivity index (χ4n) is 3.03. The molecule has 0 saturated heterocycles. The summed E-state index contributed by atoms with van der Waals surface area (Å²) in [5.74, 6) is -0.620. The normalized spacial score (nSPS) is 11.8. The number of rotatable bonds is 7. The Morgan fingerprint density at radius 2 is 1.71 bits per heavy atom. The molecule has 0 N–H and O–H groups in total. The van der Waals surface area contributed by atoms with E-state index in [2.05, 4.69) is 4.98 Å². The lowest BCUT2D eigenvalue weighted by Crippen LogP contribution is -2.37. The number of carbonyl (C=O) groups is 2. The number of para-hydroxylation sites is 1. The first kappa shape index (κ1) is 19.5. The van der Waals surface area contributed by atoms with Crippen LogP contribution < -0.4 is 0 Å². The number of esters is 1. The third kappa shape index (κ3) is 5.16. The van der Waals surface area contributed by atoms with Crippen molar-refractivity contribution in [2.75, 3.05) is 7.05 Å². The first-order valence-corrected chi connectivity index (χ1v) is 9.36. The van der Waals surface area contributed by atoms with Gasteiger partial charge in [-0.25, -0.2) is 0 Å². The molecule has 0 radical (unpaired) electrons. The molecule has 1 amide bonds. The number of benzene rings is 2. The number of aromatic nitrogens is 1. The monoisotopic (exact) mass is 376 g/mol. The molecule has 2 aromatic carbocycles. The Labute approximate surface area is 165 Å². The maximum atomic E-state index is 12.4. The summed E-state index contributed by atoms with van der Waals surface area (Å²) in [7, 11) is 1.71. The van der Waals surface area contributed by atoms with Crippen molar-refractivity contribution in [1.82, 2.24) is 9.88 Å². The topological polar surface area (TPSA) is 59.5 Å². The Kier molecular flexibility index (Phi) is 6.37. The minimum absolute atomic E-state index is 0.186. The van der Waals surface area contributed by atoms with Crippen molar-refractivity contribution < 1.29 is 14.3 Å². The number of hydrogen-bond acceptors (Lipinski definition) is 4. The van der Waals surface area contributed by atoms with Crippen LogP contribution in [0.5, 0.6) is 0 Å². The van der Waals surface area contributed by atoms with Gasteiger partial charge in [0.1, 0.15) is 0 Å². The Bertz CT molecular complexity index is 956. The molecule has 3 aromatic rings. The molecule has 1 aromatic heterocycles. The van der Waals surface area contributed by atoms with E-state index < -0.39 is 12.1 Å². The van der Waals surface area contributed by atoms with Gasteiger partial charge in [0.15, 0.2) is 6.10 Å². The van der Waals surface area contributed by atoms with E-state index >= 15 is 0 Å². The van der Waals surface area contributed by atoms with Crippen LogP contribution in [0.25, 0.3) is 10.9 Å². The van der Waals surface area contributed by atoms with Crippen LogP contribution in [0, 0.1) is 0 Å². The largest absolute Gasteiger partial charge is 0.453 e. The van der Waals surface area contributed by atoms with Gasteiger partial charge in [0, 0.05) is 31.1 Å². The van der Waals surface area contributed by atoms with E-state index in [-0.39, 0.29) is 12.3 Å². The number of fused-ring (bicyclic) bond motifs is 1. The second kappa shape index (κ2) is 9.13. The highest BCUT2D eigenvalue weighted by Crippen LogP contribution is 2.13. The van der Waals surface area contributed by atoms with Crippen molar-refractivity contribution >= 4 is 22.8 Å². The van der Waals surface area contributed by atoms with Gasteiger partial charge in [-0.2, -0.15) is 0 Å². The van der Waals surface area contributed by atoms with E-state index in [0.717, 1.165) is 22.2 Å². The van der Waals surface area contributed by atoms with Crippen molar-refractivity contribution in [3.63, 3.8) is 0 Å². The number of amides is 1. The van der Waals surface area contributed by atoms with Gasteiger partial charge in [0.2, 0.25) is 0 Å². The SMILES string of the molecule is CC(OC(=O)CCc1ccc2ccccc2n1)C(=O)N(C)Cc1ccccc1. The molecule has 0 fully saturated rings. The van der Waals surface area contributed by atoms with Crippen LogP contribution in [0.2, 0.25) is 0 Å². The van der Waals surface area contributed by atoms with Gasteiger partial charge >= 0.3 is 5.97 Å². The molecule has 5 nitrogen and oxygen atoms in total. The molecule has 0 bridgehead atoms. The number of pyridine rings is 1. The summed E-state index contributed by atoms with van der Waals surface area (Å²) in [5.41, 5.74) is 2.76. The highest BCUT2D eigenvalue weighted by Gasteiger charge is 2.21. The van der Waals surface area contributed by atoms with E-state index in [1.54, 1.807) is 18.9 Å². The van der Waals surface area contributed by atoms with Gasteiger partial charge in [0.25, 0.3) is 5.91 Å². The smallest absolute Gasteiger partial charge is 0.306 e. The standard InChI is InChI=1S/C23H24N2O3/c1-17(23(27)25(2)16-18-8-4-3-5-9-18)28-22(26)15-14-20-13-12-19-10-6-7-11-21(19)24-20/h3-13,17H,14-16H2,1-2H3. The molecule has 5 heteroatoms. The maximum Gasteiger partial charge on any atom is 0.306 e. The van der Waals surface area contributed by atoms with Crippen LogP contribution in [0.15, 0.2) is 66.7 Å². The summed E-state index contributed by atoms with van der Waals surface area (Å²) < 4.78 is 5.32. The number of aryl methyl sites for hydroxylation is 1. The van der Waals surface area contributed by atoms with Gasteiger partial charge in [-0.3, -0.25) is 14.6 Å². The Balaban J connectivity index is 1.49. The zero-order chi connectivity index (χ0) is 19.9. The Morgan fingerprint density at radius 1 is 1.00 bits per heavy atom. The molecule has 0 aliphatic carbocycles. The molecule has 1 heterocycles. The van der Waals surface area contributed by atoms with Crippen LogP contribution >= 0.6 is 0 Å². The molecule has 0 spiro atoms. The number of likely N-dealkylation sites (N-methyl/N-ethyl adjacent to an activating group) is 1. The lowest BCUT2D eigenvalue weighted by Gasteiger charge is -2.21. The number of ether oxygens (including phenoxy) is 1. The zero-order valence-electron chi connectivity index (χ0n) is 16.2. The first-order chi connectivity index (χ1) is 13.5. The lowest BCUT2D eigenvalue weighted by atomic mass is 10.1. The molecular formula is C23H24N2O3. The van der Waals surface area contributed by atoms with Crippen LogP contribution in [0.4, 0.5) is 0 Å². The van der Waals surface area contributed by atoms with Crippen molar-refractivity contribution in [2.45, 2.75) is 32.4 Å². The molecule has 144 valence electrons. The lowest BCUT2D eigenvalue weighted by molar-refractivity contribution is -0.158. The first-order valence-electron chi connectivity index (χ1n) is 9.36. The minimum atomic E-state index is -0.814. The summed E-state index contributed by atoms with van der Waals surface area (Å²) in [6.45, 7) is 2.08. The number of nitrogens with zero attached hydrogens (tertiary/aromatic N) is 2. The fourth-order valence-corrected chi connectivity index (χ4v) is 3.03. The van der Waals surface area contributed by atoms with Crippen molar-refractivity contribution in [3.8, 4) is 0 Å². The quantitative estimate of drug-likeness (QED) is 0.589. The molecule has 1 atom stereocenters. The van der Waals surface area contributed by atoms with Gasteiger partial charge in [0.05, 0.1) is 11.9 Å².